The highest BCUT2D eigenvalue weighted by molar-refractivity contribution is 5.93. The Balaban J connectivity index is 1.45. The van der Waals surface area contributed by atoms with Gasteiger partial charge in [0.05, 0.1) is 6.10 Å². The Kier molecular flexibility index (Phi) is 7.98. The largest absolute Gasteiger partial charge is 0.376 e. The third kappa shape index (κ3) is 6.36. The van der Waals surface area contributed by atoms with Crippen molar-refractivity contribution in [2.75, 3.05) is 26.7 Å². The summed E-state index contributed by atoms with van der Waals surface area (Å²) in [4.78, 5) is 29.6. The van der Waals surface area contributed by atoms with Crippen molar-refractivity contribution in [3.8, 4) is 11.3 Å². The predicted molar refractivity (Wildman–Crippen MR) is 134 cm³/mol. The van der Waals surface area contributed by atoms with E-state index in [9.17, 15) is 9.59 Å². The highest BCUT2D eigenvalue weighted by Gasteiger charge is 2.27. The summed E-state index contributed by atoms with van der Waals surface area (Å²) in [6, 6.07) is 17.6. The molecule has 7 heteroatoms. The zero-order valence-corrected chi connectivity index (χ0v) is 20.7. The molecule has 0 spiro atoms. The first-order valence-electron chi connectivity index (χ1n) is 12.1. The van der Waals surface area contributed by atoms with Crippen molar-refractivity contribution in [2.24, 2.45) is 0 Å². The lowest BCUT2D eigenvalue weighted by Crippen LogP contribution is -2.40. The summed E-state index contributed by atoms with van der Waals surface area (Å²) in [5.41, 5.74) is 4.38. The van der Waals surface area contributed by atoms with Crippen LogP contribution in [-0.2, 0) is 16.1 Å². The molecule has 2 aromatic carbocycles. The molecular weight excluding hydrogens is 442 g/mol. The van der Waals surface area contributed by atoms with Crippen LogP contribution in [-0.4, -0.2) is 59.6 Å². The van der Waals surface area contributed by atoms with Gasteiger partial charge in [-0.15, -0.1) is 0 Å². The molecule has 1 atom stereocenters. The lowest BCUT2D eigenvalue weighted by molar-refractivity contribution is -0.130. The van der Waals surface area contributed by atoms with Crippen LogP contribution < -0.4 is 0 Å². The maximum Gasteiger partial charge on any atom is 0.276 e. The molecule has 4 rings (SSSR count). The number of carbonyl (C=O) groups excluding carboxylic acids is 2. The number of carbonyl (C=O) groups is 2. The van der Waals surface area contributed by atoms with Crippen molar-refractivity contribution < 1.29 is 18.8 Å². The van der Waals surface area contributed by atoms with Crippen molar-refractivity contribution in [1.82, 2.24) is 15.0 Å². The second-order valence-electron chi connectivity index (χ2n) is 9.27. The Labute approximate surface area is 206 Å². The van der Waals surface area contributed by atoms with Gasteiger partial charge in [0.1, 0.15) is 0 Å². The third-order valence-corrected chi connectivity index (χ3v) is 6.41. The molecule has 0 radical (unpaired) electrons. The third-order valence-electron chi connectivity index (χ3n) is 6.41. The summed E-state index contributed by atoms with van der Waals surface area (Å²) in [6.07, 6.45) is 2.08. The smallest absolute Gasteiger partial charge is 0.276 e. The minimum absolute atomic E-state index is 0.0183. The monoisotopic (exact) mass is 475 g/mol. The van der Waals surface area contributed by atoms with E-state index in [0.717, 1.165) is 35.1 Å². The maximum absolute atomic E-state index is 13.4. The molecule has 1 aliphatic rings. The molecule has 7 nitrogen and oxygen atoms in total. The van der Waals surface area contributed by atoms with E-state index < -0.39 is 0 Å². The van der Waals surface area contributed by atoms with E-state index in [2.05, 4.69) is 5.16 Å². The highest BCUT2D eigenvalue weighted by Crippen LogP contribution is 2.26. The van der Waals surface area contributed by atoms with Crippen LogP contribution in [0.2, 0.25) is 0 Å². The van der Waals surface area contributed by atoms with Crippen LogP contribution >= 0.6 is 0 Å². The van der Waals surface area contributed by atoms with Crippen LogP contribution in [0.4, 0.5) is 0 Å². The van der Waals surface area contributed by atoms with Crippen LogP contribution in [0.25, 0.3) is 11.3 Å². The number of aromatic nitrogens is 1. The van der Waals surface area contributed by atoms with Gasteiger partial charge < -0.3 is 19.1 Å². The summed E-state index contributed by atoms with van der Waals surface area (Å²) in [5.74, 6) is 0.292. The number of rotatable bonds is 9. The minimum atomic E-state index is -0.251. The van der Waals surface area contributed by atoms with Crippen molar-refractivity contribution >= 4 is 11.8 Å². The molecule has 0 aliphatic carbocycles. The molecule has 35 heavy (non-hydrogen) atoms. The minimum Gasteiger partial charge on any atom is -0.376 e. The lowest BCUT2D eigenvalue weighted by atomic mass is 10.0. The number of ether oxygens (including phenoxy) is 1. The molecule has 1 fully saturated rings. The zero-order valence-electron chi connectivity index (χ0n) is 20.7. The SMILES string of the molecule is Cc1ccc(C)c(-c2cc(C(=O)N(CCC(=O)N(C)Cc3ccccc3)C[C@H]3CCCO3)no2)c1. The van der Waals surface area contributed by atoms with E-state index in [1.54, 1.807) is 22.9 Å². The predicted octanol–water partition coefficient (Wildman–Crippen LogP) is 4.63. The molecule has 0 saturated carbocycles. The number of benzene rings is 2. The first kappa shape index (κ1) is 24.7. The first-order valence-corrected chi connectivity index (χ1v) is 12.1. The molecule has 1 aromatic heterocycles. The average molecular weight is 476 g/mol. The van der Waals surface area contributed by atoms with Gasteiger partial charge in [-0.05, 0) is 43.9 Å². The van der Waals surface area contributed by atoms with Gasteiger partial charge in [-0.3, -0.25) is 9.59 Å². The van der Waals surface area contributed by atoms with E-state index in [1.165, 1.54) is 0 Å². The fraction of sp³-hybridized carbons (Fsp3) is 0.393. The summed E-state index contributed by atoms with van der Waals surface area (Å²) >= 11 is 0. The van der Waals surface area contributed by atoms with Gasteiger partial charge in [0, 0.05) is 51.3 Å². The second kappa shape index (κ2) is 11.3. The number of hydrogen-bond donors (Lipinski definition) is 0. The Morgan fingerprint density at radius 2 is 1.89 bits per heavy atom. The number of aryl methyl sites for hydroxylation is 2. The Morgan fingerprint density at radius 1 is 1.09 bits per heavy atom. The molecule has 0 N–H and O–H groups in total. The number of amides is 2. The van der Waals surface area contributed by atoms with Gasteiger partial charge in [0.25, 0.3) is 5.91 Å². The standard InChI is InChI=1S/C28H33N3O4/c1-20-11-12-21(2)24(16-20)26-17-25(29-35-26)28(33)31(19-23-10-7-15-34-23)14-13-27(32)30(3)18-22-8-5-4-6-9-22/h4-6,8-9,11-12,16-17,23H,7,10,13-15,18-19H2,1-3H3/t23-/m1/s1. The highest BCUT2D eigenvalue weighted by atomic mass is 16.5. The normalized spacial score (nSPS) is 15.2. The molecule has 2 amide bonds. The Bertz CT molecular complexity index is 1150. The van der Waals surface area contributed by atoms with Crippen molar-refractivity contribution in [3.63, 3.8) is 0 Å². The van der Waals surface area contributed by atoms with E-state index >= 15 is 0 Å². The van der Waals surface area contributed by atoms with Crippen LogP contribution in [0, 0.1) is 13.8 Å². The van der Waals surface area contributed by atoms with Crippen LogP contribution in [0.3, 0.4) is 0 Å². The average Bonchev–Trinajstić information content (AvgIpc) is 3.56. The molecular formula is C28H33N3O4. The van der Waals surface area contributed by atoms with Gasteiger partial charge >= 0.3 is 0 Å². The fourth-order valence-corrected chi connectivity index (χ4v) is 4.34. The van der Waals surface area contributed by atoms with Crippen molar-refractivity contribution in [2.45, 2.75) is 45.8 Å². The number of hydrogen-bond acceptors (Lipinski definition) is 5. The second-order valence-corrected chi connectivity index (χ2v) is 9.27. The molecule has 184 valence electrons. The maximum atomic E-state index is 13.4. The van der Waals surface area contributed by atoms with Gasteiger partial charge in [-0.1, -0.05) is 53.2 Å². The molecule has 3 aromatic rings. The van der Waals surface area contributed by atoms with E-state index in [0.29, 0.717) is 32.0 Å². The van der Waals surface area contributed by atoms with Crippen molar-refractivity contribution in [3.05, 3.63) is 77.0 Å². The zero-order chi connectivity index (χ0) is 24.8. The molecule has 1 saturated heterocycles. The Morgan fingerprint density at radius 3 is 2.63 bits per heavy atom. The van der Waals surface area contributed by atoms with Crippen LogP contribution in [0.5, 0.6) is 0 Å². The summed E-state index contributed by atoms with van der Waals surface area (Å²) in [6.45, 7) is 5.97. The van der Waals surface area contributed by atoms with Crippen LogP contribution in [0.15, 0.2) is 59.1 Å². The summed E-state index contributed by atoms with van der Waals surface area (Å²) in [7, 11) is 1.79. The van der Waals surface area contributed by atoms with Gasteiger partial charge in [0.15, 0.2) is 11.5 Å². The van der Waals surface area contributed by atoms with Gasteiger partial charge in [-0.2, -0.15) is 0 Å². The van der Waals surface area contributed by atoms with Crippen LogP contribution in [0.1, 0.15) is 46.4 Å². The number of nitrogens with zero attached hydrogens (tertiary/aromatic N) is 3. The summed E-state index contributed by atoms with van der Waals surface area (Å²) in [5, 5.41) is 4.07. The van der Waals surface area contributed by atoms with Crippen molar-refractivity contribution in [1.29, 1.82) is 0 Å². The van der Waals surface area contributed by atoms with Gasteiger partial charge in [0.2, 0.25) is 5.91 Å². The van der Waals surface area contributed by atoms with E-state index in [-0.39, 0.29) is 30.0 Å². The molecule has 0 bridgehead atoms. The Hall–Kier alpha value is -3.45. The summed E-state index contributed by atoms with van der Waals surface area (Å²) < 4.78 is 11.3. The molecule has 2 heterocycles. The van der Waals surface area contributed by atoms with E-state index in [1.807, 2.05) is 62.4 Å². The topological polar surface area (TPSA) is 75.9 Å². The lowest BCUT2D eigenvalue weighted by Gasteiger charge is -2.25. The van der Waals surface area contributed by atoms with Gasteiger partial charge in [-0.25, -0.2) is 0 Å². The molecule has 0 unspecified atom stereocenters. The first-order chi connectivity index (χ1) is 16.9. The van der Waals surface area contributed by atoms with E-state index in [4.69, 9.17) is 9.26 Å². The fourth-order valence-electron chi connectivity index (χ4n) is 4.34. The quantitative estimate of drug-likeness (QED) is 0.451. The molecule has 1 aliphatic heterocycles.